The van der Waals surface area contributed by atoms with Gasteiger partial charge in [0.1, 0.15) is 19.6 Å². The van der Waals surface area contributed by atoms with E-state index in [0.29, 0.717) is 0 Å². The average molecular weight is 645 g/mol. The third-order valence-corrected chi connectivity index (χ3v) is 9.77. The number of aliphatic hydroxyl groups is 5. The number of nitrogens with zero attached hydrogens (tertiary/aromatic N) is 1. The zero-order valence-corrected chi connectivity index (χ0v) is 30.7. The lowest BCUT2D eigenvalue weighted by Crippen LogP contribution is -2.61. The molecular formula is C39H82NO5+. The Kier molecular flexibility index (Phi) is 29.7. The average Bonchev–Trinajstić information content (AvgIpc) is 2.96. The zero-order chi connectivity index (χ0) is 33.5. The molecule has 0 aliphatic heterocycles. The van der Waals surface area contributed by atoms with Crippen molar-refractivity contribution in [1.29, 1.82) is 0 Å². The first-order chi connectivity index (χ1) is 21.6. The van der Waals surface area contributed by atoms with Crippen molar-refractivity contribution in [2.75, 3.05) is 33.3 Å². The standard InChI is InChI=1S/C39H82NO5/c1-4-6-8-10-12-14-16-18-20-22-24-26-28-30-32-38(42,43)36-40(3,34-35-41)37-39(44,45)33-31-29-27-25-23-21-19-17-15-13-11-9-7-5-2/h41-45H,4-37H2,1-3H3/q+1. The van der Waals surface area contributed by atoms with Crippen LogP contribution in [-0.2, 0) is 0 Å². The maximum atomic E-state index is 10.8. The Balaban J connectivity index is 4.04. The molecule has 272 valence electrons. The molecule has 0 radical (unpaired) electrons. The van der Waals surface area contributed by atoms with Crippen LogP contribution in [0.1, 0.15) is 206 Å². The summed E-state index contributed by atoms with van der Waals surface area (Å²) in [5.41, 5.74) is 0. The predicted octanol–water partition coefficient (Wildman–Crippen LogP) is 9.53. The van der Waals surface area contributed by atoms with Crippen LogP contribution >= 0.6 is 0 Å². The maximum absolute atomic E-state index is 10.8. The van der Waals surface area contributed by atoms with Crippen LogP contribution in [0.5, 0.6) is 0 Å². The van der Waals surface area contributed by atoms with Crippen molar-refractivity contribution >= 4 is 0 Å². The molecule has 5 N–H and O–H groups in total. The second-order valence-electron chi connectivity index (χ2n) is 15.0. The van der Waals surface area contributed by atoms with Gasteiger partial charge in [0, 0.05) is 12.8 Å². The third kappa shape index (κ3) is 30.8. The first-order valence-corrected chi connectivity index (χ1v) is 19.9. The molecule has 0 aliphatic rings. The van der Waals surface area contributed by atoms with E-state index in [4.69, 9.17) is 0 Å². The number of likely N-dealkylation sites (N-methyl/N-ethyl adjacent to an activating group) is 1. The highest BCUT2D eigenvalue weighted by Gasteiger charge is 2.40. The molecule has 0 fully saturated rings. The second-order valence-corrected chi connectivity index (χ2v) is 15.0. The van der Waals surface area contributed by atoms with E-state index in [-0.39, 0.29) is 43.6 Å². The Hall–Kier alpha value is -0.240. The molecule has 0 heterocycles. The summed E-state index contributed by atoms with van der Waals surface area (Å²) < 4.78 is 0.0215. The van der Waals surface area contributed by atoms with Crippen molar-refractivity contribution in [1.82, 2.24) is 0 Å². The summed E-state index contributed by atoms with van der Waals surface area (Å²) in [4.78, 5) is 0. The molecule has 6 nitrogen and oxygen atoms in total. The van der Waals surface area contributed by atoms with E-state index in [1.54, 1.807) is 7.05 Å². The van der Waals surface area contributed by atoms with Gasteiger partial charge in [0.25, 0.3) is 0 Å². The van der Waals surface area contributed by atoms with Gasteiger partial charge in [-0.25, -0.2) is 0 Å². The van der Waals surface area contributed by atoms with Gasteiger partial charge in [0.15, 0.2) is 0 Å². The van der Waals surface area contributed by atoms with Crippen LogP contribution in [0.4, 0.5) is 0 Å². The van der Waals surface area contributed by atoms with Crippen LogP contribution in [0.3, 0.4) is 0 Å². The Bertz CT molecular complexity index is 566. The molecule has 0 unspecified atom stereocenters. The molecule has 0 aliphatic carbocycles. The van der Waals surface area contributed by atoms with Gasteiger partial charge in [-0.1, -0.05) is 181 Å². The highest BCUT2D eigenvalue weighted by molar-refractivity contribution is 4.70. The van der Waals surface area contributed by atoms with E-state index < -0.39 is 11.6 Å². The number of hydrogen-bond donors (Lipinski definition) is 5. The predicted molar refractivity (Wildman–Crippen MR) is 192 cm³/mol. The smallest absolute Gasteiger partial charge is 0.213 e. The quantitative estimate of drug-likeness (QED) is 0.0266. The fourth-order valence-electron chi connectivity index (χ4n) is 7.04. The minimum atomic E-state index is -1.88. The van der Waals surface area contributed by atoms with Crippen molar-refractivity contribution in [2.45, 2.75) is 218 Å². The van der Waals surface area contributed by atoms with E-state index in [2.05, 4.69) is 13.8 Å². The van der Waals surface area contributed by atoms with Gasteiger partial charge >= 0.3 is 0 Å². The number of rotatable bonds is 36. The van der Waals surface area contributed by atoms with Crippen LogP contribution in [0.2, 0.25) is 0 Å². The molecule has 0 amide bonds. The van der Waals surface area contributed by atoms with Crippen LogP contribution in [-0.4, -0.2) is 74.9 Å². The lowest BCUT2D eigenvalue weighted by molar-refractivity contribution is -0.928. The summed E-state index contributed by atoms with van der Waals surface area (Å²) in [5, 5.41) is 52.7. The minimum Gasteiger partial charge on any atom is -0.391 e. The molecular weight excluding hydrogens is 562 g/mol. The largest absolute Gasteiger partial charge is 0.391 e. The second kappa shape index (κ2) is 29.9. The van der Waals surface area contributed by atoms with Gasteiger partial charge in [0.05, 0.1) is 13.7 Å². The van der Waals surface area contributed by atoms with Crippen molar-refractivity contribution in [2.24, 2.45) is 0 Å². The molecule has 0 saturated heterocycles. The van der Waals surface area contributed by atoms with Crippen LogP contribution in [0.25, 0.3) is 0 Å². The van der Waals surface area contributed by atoms with Gasteiger partial charge in [-0.2, -0.15) is 0 Å². The maximum Gasteiger partial charge on any atom is 0.213 e. The van der Waals surface area contributed by atoms with Gasteiger partial charge in [0.2, 0.25) is 11.6 Å². The summed E-state index contributed by atoms with van der Waals surface area (Å²) in [5.74, 6) is -3.77. The molecule has 0 aromatic rings. The Labute approximate surface area is 281 Å². The molecule has 0 saturated carbocycles. The van der Waals surface area contributed by atoms with E-state index in [0.717, 1.165) is 38.5 Å². The summed E-state index contributed by atoms with van der Waals surface area (Å²) in [7, 11) is 1.79. The monoisotopic (exact) mass is 645 g/mol. The number of aliphatic hydroxyl groups excluding tert-OH is 1. The van der Waals surface area contributed by atoms with Gasteiger partial charge in [-0.3, -0.25) is 0 Å². The van der Waals surface area contributed by atoms with E-state index in [9.17, 15) is 25.5 Å². The Morgan fingerprint density at radius 3 is 0.822 bits per heavy atom. The van der Waals surface area contributed by atoms with Gasteiger partial charge in [-0.05, 0) is 12.8 Å². The molecule has 6 heteroatoms. The molecule has 0 spiro atoms. The lowest BCUT2D eigenvalue weighted by Gasteiger charge is -2.41. The number of unbranched alkanes of at least 4 members (excludes halogenated alkanes) is 26. The lowest BCUT2D eigenvalue weighted by atomic mass is 10.0. The molecule has 0 rings (SSSR count). The van der Waals surface area contributed by atoms with Gasteiger partial charge < -0.3 is 30.0 Å². The van der Waals surface area contributed by atoms with E-state index in [1.807, 2.05) is 0 Å². The first kappa shape index (κ1) is 44.8. The zero-order valence-electron chi connectivity index (χ0n) is 30.7. The molecule has 45 heavy (non-hydrogen) atoms. The summed E-state index contributed by atoms with van der Waals surface area (Å²) in [6, 6.07) is 0. The van der Waals surface area contributed by atoms with Crippen molar-refractivity contribution in [3.63, 3.8) is 0 Å². The highest BCUT2D eigenvalue weighted by atomic mass is 16.5. The number of quaternary nitrogens is 1. The molecule has 0 atom stereocenters. The fourth-order valence-corrected chi connectivity index (χ4v) is 7.04. The van der Waals surface area contributed by atoms with Crippen molar-refractivity contribution < 1.29 is 30.0 Å². The highest BCUT2D eigenvalue weighted by Crippen LogP contribution is 2.24. The van der Waals surface area contributed by atoms with E-state index >= 15 is 0 Å². The first-order valence-electron chi connectivity index (χ1n) is 19.9. The fraction of sp³-hybridized carbons (Fsp3) is 1.00. The molecule has 0 aromatic heterocycles. The van der Waals surface area contributed by atoms with Crippen molar-refractivity contribution in [3.05, 3.63) is 0 Å². The Morgan fingerprint density at radius 1 is 0.378 bits per heavy atom. The SMILES string of the molecule is CCCCCCCCCCCCCCCCC(O)(O)C[N+](C)(CCO)CC(O)(O)CCCCCCCCCCCCCCCC. The number of hydrogen-bond acceptors (Lipinski definition) is 5. The normalized spacial score (nSPS) is 12.8. The topological polar surface area (TPSA) is 101 Å². The van der Waals surface area contributed by atoms with Crippen LogP contribution in [0.15, 0.2) is 0 Å². The summed E-state index contributed by atoms with van der Waals surface area (Å²) >= 11 is 0. The van der Waals surface area contributed by atoms with Gasteiger partial charge in [-0.15, -0.1) is 0 Å². The van der Waals surface area contributed by atoms with Crippen LogP contribution < -0.4 is 0 Å². The Morgan fingerprint density at radius 2 is 0.600 bits per heavy atom. The summed E-state index contributed by atoms with van der Waals surface area (Å²) in [6.07, 6.45) is 35.6. The minimum absolute atomic E-state index is 0.0202. The van der Waals surface area contributed by atoms with Crippen molar-refractivity contribution in [3.8, 4) is 0 Å². The van der Waals surface area contributed by atoms with E-state index in [1.165, 1.54) is 141 Å². The third-order valence-electron chi connectivity index (χ3n) is 9.77. The summed E-state index contributed by atoms with van der Waals surface area (Å²) in [6.45, 7) is 4.60. The molecule has 0 aromatic carbocycles. The van der Waals surface area contributed by atoms with Crippen LogP contribution in [0, 0.1) is 0 Å². The molecule has 0 bridgehead atoms.